The Morgan fingerprint density at radius 2 is 1.62 bits per heavy atom. The lowest BCUT2D eigenvalue weighted by Crippen LogP contribution is -2.42. The fourth-order valence-corrected chi connectivity index (χ4v) is 8.46. The normalized spacial score (nSPS) is 12.0. The summed E-state index contributed by atoms with van der Waals surface area (Å²) in [5.74, 6) is 0. The van der Waals surface area contributed by atoms with Gasteiger partial charge in [-0.15, -0.1) is 0 Å². The van der Waals surface area contributed by atoms with E-state index in [-0.39, 0.29) is 0 Å². The molecule has 1 heterocycles. The first-order valence-corrected chi connectivity index (χ1v) is 10.4. The van der Waals surface area contributed by atoms with Gasteiger partial charge in [-0.2, -0.15) is 11.3 Å². The van der Waals surface area contributed by atoms with Gasteiger partial charge in [0.05, 0.1) is 8.07 Å². The van der Waals surface area contributed by atoms with Gasteiger partial charge in [-0.1, -0.05) is 64.2 Å². The van der Waals surface area contributed by atoms with Crippen LogP contribution in [0, 0.1) is 6.92 Å². The van der Waals surface area contributed by atoms with Gasteiger partial charge in [-0.05, 0) is 17.5 Å². The van der Waals surface area contributed by atoms with Crippen LogP contribution in [0.5, 0.6) is 0 Å². The van der Waals surface area contributed by atoms with E-state index in [0.717, 1.165) is 0 Å². The van der Waals surface area contributed by atoms with Gasteiger partial charge in [0, 0.05) is 4.88 Å². The third-order valence-corrected chi connectivity index (χ3v) is 10.4. The minimum Gasteiger partial charge on any atom is -0.150 e. The first-order chi connectivity index (χ1) is 7.62. The van der Waals surface area contributed by atoms with Gasteiger partial charge in [0.25, 0.3) is 0 Å². The Bertz CT molecular complexity index is 295. The van der Waals surface area contributed by atoms with E-state index < -0.39 is 8.07 Å². The van der Waals surface area contributed by atoms with E-state index in [9.17, 15) is 0 Å². The van der Waals surface area contributed by atoms with Gasteiger partial charge in [0.15, 0.2) is 0 Å². The van der Waals surface area contributed by atoms with Gasteiger partial charge in [-0.3, -0.25) is 0 Å². The standard InChI is InChI=1S/C14H26SSi/c1-5-7-11-16(4,12-8-6-2)14-10-9-13(3)15-14/h9-10H,5-8,11-12H2,1-4H3. The summed E-state index contributed by atoms with van der Waals surface area (Å²) in [6.45, 7) is 9.47. The molecule has 0 unspecified atom stereocenters. The van der Waals surface area contributed by atoms with Crippen LogP contribution >= 0.6 is 11.3 Å². The Morgan fingerprint density at radius 1 is 1.06 bits per heavy atom. The van der Waals surface area contributed by atoms with Crippen LogP contribution in [0.25, 0.3) is 0 Å². The maximum absolute atomic E-state index is 2.60. The first-order valence-electron chi connectivity index (χ1n) is 6.69. The molecule has 1 aromatic heterocycles. The minimum atomic E-state index is -1.13. The lowest BCUT2D eigenvalue weighted by atomic mass is 10.4. The van der Waals surface area contributed by atoms with Crippen molar-refractivity contribution in [3.63, 3.8) is 0 Å². The fraction of sp³-hybridized carbons (Fsp3) is 0.714. The second-order valence-electron chi connectivity index (χ2n) is 5.18. The van der Waals surface area contributed by atoms with Gasteiger partial charge < -0.3 is 0 Å². The monoisotopic (exact) mass is 254 g/mol. The molecule has 0 fully saturated rings. The lowest BCUT2D eigenvalue weighted by molar-refractivity contribution is 0.835. The maximum Gasteiger partial charge on any atom is 0.0964 e. The average Bonchev–Trinajstić information content (AvgIpc) is 2.71. The molecule has 1 aromatic rings. The SMILES string of the molecule is CCCC[Si](C)(CCCC)c1ccc(C)s1. The van der Waals surface area contributed by atoms with Crippen molar-refractivity contribution in [2.24, 2.45) is 0 Å². The average molecular weight is 255 g/mol. The molecule has 92 valence electrons. The van der Waals surface area contributed by atoms with Crippen LogP contribution in [-0.2, 0) is 0 Å². The molecule has 0 aromatic carbocycles. The Hall–Kier alpha value is -0.0831. The largest absolute Gasteiger partial charge is 0.150 e. The van der Waals surface area contributed by atoms with E-state index in [1.807, 2.05) is 0 Å². The van der Waals surface area contributed by atoms with Crippen LogP contribution < -0.4 is 4.50 Å². The third kappa shape index (κ3) is 3.74. The zero-order chi connectivity index (χ0) is 12.0. The molecule has 1 rings (SSSR count). The van der Waals surface area contributed by atoms with E-state index in [1.165, 1.54) is 42.6 Å². The summed E-state index contributed by atoms with van der Waals surface area (Å²) in [7, 11) is -1.13. The molecule has 0 N–H and O–H groups in total. The highest BCUT2D eigenvalue weighted by molar-refractivity contribution is 7.26. The second kappa shape index (κ2) is 6.60. The predicted molar refractivity (Wildman–Crippen MR) is 79.7 cm³/mol. The zero-order valence-electron chi connectivity index (χ0n) is 11.3. The van der Waals surface area contributed by atoms with E-state index in [0.29, 0.717) is 0 Å². The molecule has 0 bridgehead atoms. The topological polar surface area (TPSA) is 0 Å². The quantitative estimate of drug-likeness (QED) is 0.604. The molecule has 0 nitrogen and oxygen atoms in total. The van der Waals surface area contributed by atoms with E-state index in [1.54, 1.807) is 4.50 Å². The van der Waals surface area contributed by atoms with Crippen molar-refractivity contribution in [2.45, 2.75) is 65.1 Å². The van der Waals surface area contributed by atoms with Crippen LogP contribution in [0.4, 0.5) is 0 Å². The molecule has 0 atom stereocenters. The summed E-state index contributed by atoms with van der Waals surface area (Å²) in [4.78, 5) is 1.49. The first kappa shape index (κ1) is 14.0. The zero-order valence-corrected chi connectivity index (χ0v) is 13.1. The Morgan fingerprint density at radius 3 is 2.00 bits per heavy atom. The van der Waals surface area contributed by atoms with Gasteiger partial charge in [0.1, 0.15) is 0 Å². The van der Waals surface area contributed by atoms with Gasteiger partial charge in [-0.25, -0.2) is 0 Å². The molecule has 0 radical (unpaired) electrons. The third-order valence-electron chi connectivity index (χ3n) is 3.50. The smallest absolute Gasteiger partial charge is 0.0964 e. The van der Waals surface area contributed by atoms with Crippen LogP contribution in [-0.4, -0.2) is 8.07 Å². The molecule has 0 spiro atoms. The highest BCUT2D eigenvalue weighted by Gasteiger charge is 2.29. The number of thiophene rings is 1. The van der Waals surface area contributed by atoms with E-state index >= 15 is 0 Å². The summed E-state index contributed by atoms with van der Waals surface area (Å²) in [6, 6.07) is 7.70. The molecule has 0 amide bonds. The van der Waals surface area contributed by atoms with Crippen molar-refractivity contribution in [2.75, 3.05) is 0 Å². The van der Waals surface area contributed by atoms with Gasteiger partial charge >= 0.3 is 0 Å². The van der Waals surface area contributed by atoms with Crippen LogP contribution in [0.2, 0.25) is 18.6 Å². The molecule has 0 aliphatic carbocycles. The summed E-state index contributed by atoms with van der Waals surface area (Å²) in [6.07, 6.45) is 5.53. The summed E-state index contributed by atoms with van der Waals surface area (Å²) < 4.78 is 1.74. The number of unbranched alkanes of at least 4 members (excludes halogenated alkanes) is 2. The number of rotatable bonds is 7. The highest BCUT2D eigenvalue weighted by atomic mass is 32.1. The summed E-state index contributed by atoms with van der Waals surface area (Å²) in [5, 5.41) is 0. The maximum atomic E-state index is 2.60. The van der Waals surface area contributed by atoms with Gasteiger partial charge in [0.2, 0.25) is 0 Å². The molecule has 0 saturated carbocycles. The van der Waals surface area contributed by atoms with Crippen LogP contribution in [0.1, 0.15) is 44.4 Å². The molecular weight excluding hydrogens is 228 g/mol. The fourth-order valence-electron chi connectivity index (χ4n) is 2.26. The molecular formula is C14H26SSi. The Kier molecular flexibility index (Phi) is 5.77. The van der Waals surface area contributed by atoms with Crippen molar-refractivity contribution < 1.29 is 0 Å². The molecule has 0 saturated heterocycles. The van der Waals surface area contributed by atoms with Crippen molar-refractivity contribution in [1.29, 1.82) is 0 Å². The Balaban J connectivity index is 2.76. The van der Waals surface area contributed by atoms with Crippen molar-refractivity contribution in [1.82, 2.24) is 0 Å². The van der Waals surface area contributed by atoms with E-state index in [2.05, 4.69) is 50.8 Å². The van der Waals surface area contributed by atoms with E-state index in [4.69, 9.17) is 0 Å². The molecule has 2 heteroatoms. The molecule has 0 aliphatic rings. The van der Waals surface area contributed by atoms with Crippen molar-refractivity contribution >= 4 is 23.9 Å². The summed E-state index contributed by atoms with van der Waals surface area (Å²) >= 11 is 2.06. The lowest BCUT2D eigenvalue weighted by Gasteiger charge is -2.26. The minimum absolute atomic E-state index is 1.13. The number of hydrogen-bond acceptors (Lipinski definition) is 1. The molecule has 16 heavy (non-hydrogen) atoms. The number of aryl methyl sites for hydroxylation is 1. The highest BCUT2D eigenvalue weighted by Crippen LogP contribution is 2.24. The van der Waals surface area contributed by atoms with Crippen molar-refractivity contribution in [3.8, 4) is 0 Å². The molecule has 0 aliphatic heterocycles. The van der Waals surface area contributed by atoms with Crippen LogP contribution in [0.15, 0.2) is 12.1 Å². The second-order valence-corrected chi connectivity index (χ2v) is 11.5. The predicted octanol–water partition coefficient (Wildman–Crippen LogP) is 4.94. The summed E-state index contributed by atoms with van der Waals surface area (Å²) in [5.41, 5.74) is 0. The number of hydrogen-bond donors (Lipinski definition) is 0. The van der Waals surface area contributed by atoms with Crippen LogP contribution in [0.3, 0.4) is 0 Å². The Labute approximate surface area is 106 Å². The van der Waals surface area contributed by atoms with Crippen molar-refractivity contribution in [3.05, 3.63) is 17.0 Å².